The van der Waals surface area contributed by atoms with Gasteiger partial charge in [-0.1, -0.05) is 49.7 Å². The van der Waals surface area contributed by atoms with Crippen molar-refractivity contribution < 1.29 is 8.78 Å². The number of hydrogen-bond donors (Lipinski definition) is 0. The van der Waals surface area contributed by atoms with Gasteiger partial charge in [-0.2, -0.15) is 0 Å². The van der Waals surface area contributed by atoms with Crippen LogP contribution in [-0.2, 0) is 0 Å². The Kier molecular flexibility index (Phi) is 3.03. The van der Waals surface area contributed by atoms with E-state index in [0.29, 0.717) is 0 Å². The van der Waals surface area contributed by atoms with Gasteiger partial charge in [0.25, 0.3) is 0 Å². The Morgan fingerprint density at radius 2 is 1.31 bits per heavy atom. The average molecular weight is 320 g/mol. The van der Waals surface area contributed by atoms with E-state index in [1.54, 1.807) is 0 Å². The third-order valence-corrected chi connectivity index (χ3v) is 12.7. The molecule has 13 heavy (non-hydrogen) atoms. The van der Waals surface area contributed by atoms with Gasteiger partial charge < -0.3 is 0 Å². The van der Waals surface area contributed by atoms with Crippen molar-refractivity contribution in [2.45, 2.75) is 56.8 Å². The lowest BCUT2D eigenvalue weighted by Gasteiger charge is -2.49. The molecule has 0 aromatic carbocycles. The van der Waals surface area contributed by atoms with Gasteiger partial charge in [-0.15, -0.1) is 0 Å². The molecule has 0 atom stereocenters. The lowest BCUT2D eigenvalue weighted by atomic mass is 9.94. The average Bonchev–Trinajstić information content (AvgIpc) is 1.77. The molecule has 1 aliphatic rings. The fourth-order valence-corrected chi connectivity index (χ4v) is 5.69. The van der Waals surface area contributed by atoms with Crippen LogP contribution in [0.5, 0.6) is 0 Å². The van der Waals surface area contributed by atoms with E-state index in [4.69, 9.17) is 0 Å². The summed E-state index contributed by atoms with van der Waals surface area (Å²) in [5.41, 5.74) is -0.347. The molecule has 0 amide bonds. The molecule has 1 rings (SSSR count). The first-order chi connectivity index (χ1) is 5.57. The lowest BCUT2D eigenvalue weighted by Crippen LogP contribution is -2.43. The van der Waals surface area contributed by atoms with Crippen molar-refractivity contribution in [2.75, 3.05) is 0 Å². The maximum absolute atomic E-state index is 13.4. The van der Waals surface area contributed by atoms with Crippen LogP contribution in [0, 0.1) is 0 Å². The number of halogens is 3. The van der Waals surface area contributed by atoms with Gasteiger partial charge in [0, 0.05) is 23.2 Å². The summed E-state index contributed by atoms with van der Waals surface area (Å²) >= 11 is 2.39. The molecule has 1 heterocycles. The summed E-state index contributed by atoms with van der Waals surface area (Å²) in [6.07, 6.45) is 0.107. The quantitative estimate of drug-likeness (QED) is 0.444. The Labute approximate surface area is 93.1 Å². The molecule has 0 N–H and O–H groups in total. The summed E-state index contributed by atoms with van der Waals surface area (Å²) < 4.78 is 26.8. The number of rotatable bonds is 0. The Balaban J connectivity index is 2.96. The van der Waals surface area contributed by atoms with Crippen LogP contribution in [0.25, 0.3) is 0 Å². The SMILES string of the molecule is CC1(C)CC(F)(F)CC(C)(C)P1I. The highest BCUT2D eigenvalue weighted by Crippen LogP contribution is 2.73. The predicted molar refractivity (Wildman–Crippen MR) is 63.3 cm³/mol. The lowest BCUT2D eigenvalue weighted by molar-refractivity contribution is -0.0367. The van der Waals surface area contributed by atoms with Gasteiger partial charge in [0.1, 0.15) is 0 Å². The first-order valence-corrected chi connectivity index (χ1v) is 8.54. The summed E-state index contributed by atoms with van der Waals surface area (Å²) in [5, 5.41) is -0.387. The van der Waals surface area contributed by atoms with Crippen LogP contribution in [0.15, 0.2) is 0 Å². The van der Waals surface area contributed by atoms with E-state index < -0.39 is 5.92 Å². The maximum atomic E-state index is 13.4. The fourth-order valence-electron chi connectivity index (χ4n) is 2.29. The Hall–Kier alpha value is 1.02. The molecule has 1 fully saturated rings. The smallest absolute Gasteiger partial charge is 0.207 e. The zero-order valence-electron chi connectivity index (χ0n) is 8.50. The highest BCUT2D eigenvalue weighted by atomic mass is 127. The van der Waals surface area contributed by atoms with Crippen molar-refractivity contribution in [1.82, 2.24) is 0 Å². The monoisotopic (exact) mass is 320 g/mol. The Morgan fingerprint density at radius 3 is 1.62 bits per heavy atom. The minimum absolute atomic E-state index is 0.0536. The maximum Gasteiger partial charge on any atom is 0.249 e. The molecule has 0 unspecified atom stereocenters. The van der Waals surface area contributed by atoms with Crippen molar-refractivity contribution in [1.29, 1.82) is 0 Å². The zero-order valence-corrected chi connectivity index (χ0v) is 11.5. The minimum atomic E-state index is -2.46. The van der Waals surface area contributed by atoms with Gasteiger partial charge in [-0.3, -0.25) is 0 Å². The van der Waals surface area contributed by atoms with Crippen LogP contribution in [0.4, 0.5) is 8.78 Å². The zero-order chi connectivity index (χ0) is 10.5. The van der Waals surface area contributed by atoms with Crippen molar-refractivity contribution in [3.8, 4) is 0 Å². The molecule has 0 spiro atoms. The number of hydrogen-bond acceptors (Lipinski definition) is 0. The van der Waals surface area contributed by atoms with Crippen LogP contribution in [0.2, 0.25) is 0 Å². The third-order valence-electron chi connectivity index (χ3n) is 2.45. The van der Waals surface area contributed by atoms with Crippen molar-refractivity contribution >= 4 is 27.6 Å². The minimum Gasteiger partial charge on any atom is -0.207 e. The molecular formula is C9H16F2IP. The topological polar surface area (TPSA) is 0 Å². The van der Waals surface area contributed by atoms with Gasteiger partial charge in [-0.25, -0.2) is 8.78 Å². The standard InChI is InChI=1S/C9H16F2IP/c1-7(2)5-9(10,11)6-8(3,4)13(7)12/h5-6H2,1-4H3. The van der Waals surface area contributed by atoms with Crippen molar-refractivity contribution in [3.63, 3.8) is 0 Å². The van der Waals surface area contributed by atoms with Gasteiger partial charge >= 0.3 is 0 Å². The highest BCUT2D eigenvalue weighted by molar-refractivity contribution is 14.2. The van der Waals surface area contributed by atoms with Gasteiger partial charge in [0.2, 0.25) is 5.92 Å². The Morgan fingerprint density at radius 1 is 1.00 bits per heavy atom. The summed E-state index contributed by atoms with van der Waals surface area (Å²) in [6, 6.07) is 0. The molecule has 4 heteroatoms. The van der Waals surface area contributed by atoms with Gasteiger partial charge in [-0.05, 0) is 5.56 Å². The fraction of sp³-hybridized carbons (Fsp3) is 1.00. The normalized spacial score (nSPS) is 31.6. The largest absolute Gasteiger partial charge is 0.249 e. The van der Waals surface area contributed by atoms with Gasteiger partial charge in [0.15, 0.2) is 0 Å². The molecule has 1 saturated heterocycles. The van der Waals surface area contributed by atoms with Crippen LogP contribution < -0.4 is 0 Å². The van der Waals surface area contributed by atoms with E-state index in [2.05, 4.69) is 22.0 Å². The highest BCUT2D eigenvalue weighted by Gasteiger charge is 2.53. The molecule has 0 nitrogen and oxygen atoms in total. The van der Waals surface area contributed by atoms with E-state index >= 15 is 0 Å². The molecule has 0 radical (unpaired) electrons. The molecule has 0 aliphatic carbocycles. The van der Waals surface area contributed by atoms with Gasteiger partial charge in [0.05, 0.1) is 0 Å². The van der Waals surface area contributed by atoms with E-state index in [1.165, 1.54) is 0 Å². The van der Waals surface area contributed by atoms with E-state index in [-0.39, 0.29) is 28.7 Å². The molecule has 0 aromatic rings. The summed E-state index contributed by atoms with van der Waals surface area (Å²) in [7, 11) is 0. The van der Waals surface area contributed by atoms with E-state index in [9.17, 15) is 8.78 Å². The van der Waals surface area contributed by atoms with Crippen molar-refractivity contribution in [3.05, 3.63) is 0 Å². The molecule has 0 saturated carbocycles. The summed E-state index contributed by atoms with van der Waals surface area (Å²) in [6.45, 7) is 7.89. The summed E-state index contributed by atoms with van der Waals surface area (Å²) in [5.74, 6) is -2.46. The first-order valence-electron chi connectivity index (χ1n) is 4.41. The number of alkyl halides is 2. The van der Waals surface area contributed by atoms with Crippen LogP contribution in [-0.4, -0.2) is 16.2 Å². The van der Waals surface area contributed by atoms with Crippen molar-refractivity contribution in [2.24, 2.45) is 0 Å². The van der Waals surface area contributed by atoms with E-state index in [1.807, 2.05) is 27.7 Å². The molecule has 78 valence electrons. The Bertz CT molecular complexity index is 194. The van der Waals surface area contributed by atoms with Crippen LogP contribution in [0.1, 0.15) is 40.5 Å². The first kappa shape index (κ1) is 12.1. The molecule has 0 aromatic heterocycles. The summed E-state index contributed by atoms with van der Waals surface area (Å²) in [4.78, 5) is 0. The molecule has 1 aliphatic heterocycles. The van der Waals surface area contributed by atoms with Crippen LogP contribution >= 0.6 is 27.6 Å². The second-order valence-corrected chi connectivity index (χ2v) is 11.0. The second-order valence-electron chi connectivity index (χ2n) is 5.12. The molecule has 0 bridgehead atoms. The van der Waals surface area contributed by atoms with E-state index in [0.717, 1.165) is 0 Å². The predicted octanol–water partition coefficient (Wildman–Crippen LogP) is 4.80. The van der Waals surface area contributed by atoms with Crippen LogP contribution in [0.3, 0.4) is 0 Å². The third kappa shape index (κ3) is 2.53. The second kappa shape index (κ2) is 3.26. The molecular weight excluding hydrogens is 304 g/mol.